The summed E-state index contributed by atoms with van der Waals surface area (Å²) in [5.74, 6) is 0.458. The number of amides is 2. The number of nitrogens with one attached hydrogen (secondary N) is 2. The third-order valence-corrected chi connectivity index (χ3v) is 3.82. The number of rotatable bonds is 6. The molecule has 0 saturated carbocycles. The number of benzene rings is 2. The summed E-state index contributed by atoms with van der Waals surface area (Å²) in [6, 6.07) is 14.0. The van der Waals surface area contributed by atoms with Gasteiger partial charge in [-0.1, -0.05) is 24.3 Å². The molecule has 26 heavy (non-hydrogen) atoms. The van der Waals surface area contributed by atoms with Crippen LogP contribution in [0.1, 0.15) is 10.4 Å². The van der Waals surface area contributed by atoms with Gasteiger partial charge in [0, 0.05) is 13.7 Å². The minimum absolute atomic E-state index is 0.102. The van der Waals surface area contributed by atoms with Gasteiger partial charge in [-0.25, -0.2) is 0 Å². The molecule has 2 N–H and O–H groups in total. The van der Waals surface area contributed by atoms with Crippen molar-refractivity contribution in [2.75, 3.05) is 32.2 Å². The minimum Gasteiger partial charge on any atom is -0.485 e. The zero-order valence-corrected chi connectivity index (χ0v) is 14.4. The first-order chi connectivity index (χ1) is 12.7. The highest BCUT2D eigenvalue weighted by atomic mass is 16.6. The van der Waals surface area contributed by atoms with Gasteiger partial charge in [-0.05, 0) is 24.3 Å². The van der Waals surface area contributed by atoms with Gasteiger partial charge in [-0.2, -0.15) is 0 Å². The molecule has 0 aromatic heterocycles. The fourth-order valence-electron chi connectivity index (χ4n) is 2.51. The van der Waals surface area contributed by atoms with Crippen LogP contribution in [-0.2, 0) is 9.53 Å². The van der Waals surface area contributed by atoms with Crippen LogP contribution in [0.3, 0.4) is 0 Å². The zero-order valence-electron chi connectivity index (χ0n) is 14.4. The second kappa shape index (κ2) is 8.35. The molecule has 7 heteroatoms. The summed E-state index contributed by atoms with van der Waals surface area (Å²) < 4.78 is 16.2. The monoisotopic (exact) mass is 356 g/mol. The first-order valence-corrected chi connectivity index (χ1v) is 8.24. The Kier molecular flexibility index (Phi) is 5.70. The third kappa shape index (κ3) is 4.12. The van der Waals surface area contributed by atoms with Gasteiger partial charge in [0.1, 0.15) is 6.61 Å². The average molecular weight is 356 g/mol. The lowest BCUT2D eigenvalue weighted by molar-refractivity contribution is -0.125. The molecular formula is C19H20N2O5. The maximum absolute atomic E-state index is 12.5. The van der Waals surface area contributed by atoms with E-state index in [2.05, 4.69) is 10.6 Å². The molecule has 0 fully saturated rings. The van der Waals surface area contributed by atoms with Gasteiger partial charge in [0.05, 0.1) is 17.9 Å². The van der Waals surface area contributed by atoms with Crippen molar-refractivity contribution in [3.63, 3.8) is 0 Å². The Bertz CT molecular complexity index is 793. The van der Waals surface area contributed by atoms with E-state index in [1.165, 1.54) is 0 Å². The molecule has 2 aromatic carbocycles. The van der Waals surface area contributed by atoms with Crippen LogP contribution in [0.4, 0.5) is 5.69 Å². The second-order valence-electron chi connectivity index (χ2n) is 5.65. The van der Waals surface area contributed by atoms with Crippen LogP contribution < -0.4 is 20.1 Å². The molecule has 3 rings (SSSR count). The number of hydrogen-bond acceptors (Lipinski definition) is 5. The van der Waals surface area contributed by atoms with Gasteiger partial charge in [0.15, 0.2) is 11.5 Å². The van der Waals surface area contributed by atoms with Crippen molar-refractivity contribution in [2.24, 2.45) is 0 Å². The summed E-state index contributed by atoms with van der Waals surface area (Å²) in [6.07, 6.45) is -0.797. The topological polar surface area (TPSA) is 85.9 Å². The minimum atomic E-state index is -0.797. The predicted octanol–water partition coefficient (Wildman–Crippen LogP) is 1.84. The molecule has 1 aliphatic rings. The average Bonchev–Trinajstić information content (AvgIpc) is 2.68. The van der Waals surface area contributed by atoms with Crippen LogP contribution in [0.25, 0.3) is 0 Å². The molecule has 0 radical (unpaired) electrons. The third-order valence-electron chi connectivity index (χ3n) is 3.82. The van der Waals surface area contributed by atoms with Crippen molar-refractivity contribution in [2.45, 2.75) is 6.10 Å². The van der Waals surface area contributed by atoms with E-state index in [9.17, 15) is 9.59 Å². The van der Waals surface area contributed by atoms with Gasteiger partial charge in [0.2, 0.25) is 6.10 Å². The van der Waals surface area contributed by atoms with Crippen molar-refractivity contribution in [1.29, 1.82) is 0 Å². The van der Waals surface area contributed by atoms with Crippen LogP contribution in [0.5, 0.6) is 11.5 Å². The lowest BCUT2D eigenvalue weighted by Gasteiger charge is -2.25. The molecule has 1 atom stereocenters. The second-order valence-corrected chi connectivity index (χ2v) is 5.65. The Morgan fingerprint density at radius 2 is 1.85 bits per heavy atom. The number of carbonyl (C=O) groups excluding carboxylic acids is 2. The molecule has 0 saturated heterocycles. The molecule has 0 bridgehead atoms. The summed E-state index contributed by atoms with van der Waals surface area (Å²) in [5.41, 5.74) is 0.781. The molecule has 0 unspecified atom stereocenters. The Morgan fingerprint density at radius 1 is 1.12 bits per heavy atom. The van der Waals surface area contributed by atoms with Crippen molar-refractivity contribution in [3.05, 3.63) is 54.1 Å². The van der Waals surface area contributed by atoms with Crippen LogP contribution >= 0.6 is 0 Å². The summed E-state index contributed by atoms with van der Waals surface area (Å²) in [7, 11) is 1.56. The Morgan fingerprint density at radius 3 is 2.65 bits per heavy atom. The van der Waals surface area contributed by atoms with E-state index < -0.39 is 6.10 Å². The molecule has 136 valence electrons. The van der Waals surface area contributed by atoms with Gasteiger partial charge < -0.3 is 24.8 Å². The summed E-state index contributed by atoms with van der Waals surface area (Å²) >= 11 is 0. The van der Waals surface area contributed by atoms with Crippen molar-refractivity contribution in [3.8, 4) is 11.5 Å². The summed E-state index contributed by atoms with van der Waals surface area (Å²) in [6.45, 7) is 0.895. The Hall–Kier alpha value is -3.06. The lowest BCUT2D eigenvalue weighted by Crippen LogP contribution is -2.40. The lowest BCUT2D eigenvalue weighted by atomic mass is 10.1. The number of ether oxygens (including phenoxy) is 3. The van der Waals surface area contributed by atoms with Gasteiger partial charge in [0.25, 0.3) is 11.8 Å². The number of hydrogen-bond donors (Lipinski definition) is 2. The number of para-hydroxylation sites is 3. The molecular weight excluding hydrogens is 336 g/mol. The van der Waals surface area contributed by atoms with Crippen LogP contribution in [0, 0.1) is 0 Å². The van der Waals surface area contributed by atoms with Gasteiger partial charge in [-0.3, -0.25) is 9.59 Å². The van der Waals surface area contributed by atoms with Crippen LogP contribution in [0.2, 0.25) is 0 Å². The molecule has 0 aliphatic carbocycles. The summed E-state index contributed by atoms with van der Waals surface area (Å²) in [4.78, 5) is 24.8. The Labute approximate surface area is 151 Å². The van der Waals surface area contributed by atoms with E-state index in [0.29, 0.717) is 35.9 Å². The molecule has 1 aliphatic heterocycles. The SMILES string of the molecule is COCCNC(=O)c1ccccc1NC(=O)[C@H]1COc2ccccc2O1. The normalized spacial score (nSPS) is 15.2. The largest absolute Gasteiger partial charge is 0.485 e. The van der Waals surface area contributed by atoms with E-state index in [1.807, 2.05) is 12.1 Å². The van der Waals surface area contributed by atoms with Gasteiger partial charge >= 0.3 is 0 Å². The predicted molar refractivity (Wildman–Crippen MR) is 95.6 cm³/mol. The molecule has 0 spiro atoms. The highest BCUT2D eigenvalue weighted by Crippen LogP contribution is 2.31. The molecule has 7 nitrogen and oxygen atoms in total. The fraction of sp³-hybridized carbons (Fsp3) is 0.263. The van der Waals surface area contributed by atoms with E-state index in [0.717, 1.165) is 0 Å². The quantitative estimate of drug-likeness (QED) is 0.772. The number of carbonyl (C=O) groups is 2. The number of fused-ring (bicyclic) bond motifs is 1. The molecule has 2 amide bonds. The van der Waals surface area contributed by atoms with E-state index in [1.54, 1.807) is 43.5 Å². The van der Waals surface area contributed by atoms with E-state index >= 15 is 0 Å². The van der Waals surface area contributed by atoms with Crippen LogP contribution in [0.15, 0.2) is 48.5 Å². The van der Waals surface area contributed by atoms with E-state index in [4.69, 9.17) is 14.2 Å². The highest BCUT2D eigenvalue weighted by molar-refractivity contribution is 6.04. The first-order valence-electron chi connectivity index (χ1n) is 8.24. The van der Waals surface area contributed by atoms with Crippen molar-refractivity contribution >= 4 is 17.5 Å². The van der Waals surface area contributed by atoms with Crippen molar-refractivity contribution in [1.82, 2.24) is 5.32 Å². The maximum atomic E-state index is 12.5. The van der Waals surface area contributed by atoms with Crippen LogP contribution in [-0.4, -0.2) is 44.8 Å². The molecule has 2 aromatic rings. The van der Waals surface area contributed by atoms with E-state index in [-0.39, 0.29) is 18.4 Å². The summed E-state index contributed by atoms with van der Waals surface area (Å²) in [5, 5.41) is 5.48. The fourth-order valence-corrected chi connectivity index (χ4v) is 2.51. The van der Waals surface area contributed by atoms with Gasteiger partial charge in [-0.15, -0.1) is 0 Å². The number of anilines is 1. The molecule has 1 heterocycles. The Balaban J connectivity index is 1.67. The number of methoxy groups -OCH3 is 1. The highest BCUT2D eigenvalue weighted by Gasteiger charge is 2.28. The standard InChI is InChI=1S/C19H20N2O5/c1-24-11-10-20-18(22)13-6-2-3-7-14(13)21-19(23)17-12-25-15-8-4-5-9-16(15)26-17/h2-9,17H,10-12H2,1H3,(H,20,22)(H,21,23)/t17-/m1/s1. The van der Waals surface area contributed by atoms with Crippen molar-refractivity contribution < 1.29 is 23.8 Å². The zero-order chi connectivity index (χ0) is 18.4. The first kappa shape index (κ1) is 17.8. The smallest absolute Gasteiger partial charge is 0.269 e. The maximum Gasteiger partial charge on any atom is 0.269 e.